The normalized spacial score (nSPS) is 16.9. The van der Waals surface area contributed by atoms with E-state index in [9.17, 15) is 13.2 Å². The molecule has 2 aromatic carbocycles. The zero-order chi connectivity index (χ0) is 21.1. The first-order valence-electron chi connectivity index (χ1n) is 9.56. The number of benzene rings is 2. The molecule has 0 aliphatic carbocycles. The second kappa shape index (κ2) is 8.16. The summed E-state index contributed by atoms with van der Waals surface area (Å²) in [5.74, 6) is -0.305. The van der Waals surface area contributed by atoms with Crippen LogP contribution in [-0.4, -0.2) is 44.4 Å². The van der Waals surface area contributed by atoms with Gasteiger partial charge >= 0.3 is 0 Å². The predicted octanol–water partition coefficient (Wildman–Crippen LogP) is 2.76. The Morgan fingerprint density at radius 1 is 1.13 bits per heavy atom. The molecule has 0 aromatic heterocycles. The fourth-order valence-electron chi connectivity index (χ4n) is 3.44. The number of hydrogen-bond donors (Lipinski definition) is 1. The quantitative estimate of drug-likeness (QED) is 0.801. The molecular weight excluding hydrogens is 400 g/mol. The predicted molar refractivity (Wildman–Crippen MR) is 119 cm³/mol. The average Bonchev–Trinajstić information content (AvgIpc) is 2.73. The largest absolute Gasteiger partial charge is 0.369 e. The lowest BCUT2D eigenvalue weighted by atomic mass is 10.1. The third-order valence-corrected chi connectivity index (χ3v) is 6.08. The minimum absolute atomic E-state index is 0.0666. The smallest absolute Gasteiger partial charge is 0.259 e. The first kappa shape index (κ1) is 19.9. The van der Waals surface area contributed by atoms with Crippen LogP contribution in [0.4, 0.5) is 11.4 Å². The van der Waals surface area contributed by atoms with Gasteiger partial charge in [0, 0.05) is 26.3 Å². The van der Waals surface area contributed by atoms with E-state index in [1.165, 1.54) is 0 Å². The van der Waals surface area contributed by atoms with Gasteiger partial charge in [-0.1, -0.05) is 42.5 Å². The van der Waals surface area contributed by atoms with Gasteiger partial charge < -0.3 is 15.1 Å². The summed E-state index contributed by atoms with van der Waals surface area (Å²) in [6, 6.07) is 17.6. The van der Waals surface area contributed by atoms with E-state index in [1.807, 2.05) is 61.6 Å². The van der Waals surface area contributed by atoms with E-state index < -0.39 is 15.9 Å². The molecule has 4 rings (SSSR count). The summed E-state index contributed by atoms with van der Waals surface area (Å²) in [7, 11) is -1.61. The summed E-state index contributed by atoms with van der Waals surface area (Å²) < 4.78 is 27.7. The molecule has 1 N–H and O–H groups in total. The van der Waals surface area contributed by atoms with Gasteiger partial charge in [-0.2, -0.15) is 0 Å². The molecule has 1 amide bonds. The molecule has 0 unspecified atom stereocenters. The zero-order valence-corrected chi connectivity index (χ0v) is 17.3. The van der Waals surface area contributed by atoms with E-state index in [-0.39, 0.29) is 23.7 Å². The average molecular weight is 423 g/mol. The van der Waals surface area contributed by atoms with E-state index in [0.29, 0.717) is 12.2 Å². The van der Waals surface area contributed by atoms with Crippen molar-refractivity contribution in [2.75, 3.05) is 29.6 Å². The fourth-order valence-corrected chi connectivity index (χ4v) is 4.42. The van der Waals surface area contributed by atoms with Crippen molar-refractivity contribution in [1.82, 2.24) is 4.90 Å². The van der Waals surface area contributed by atoms with E-state index >= 15 is 0 Å². The number of fused-ring (bicyclic) bond motifs is 1. The summed E-state index contributed by atoms with van der Waals surface area (Å²) in [5.41, 5.74) is 2.87. The first-order chi connectivity index (χ1) is 14.4. The van der Waals surface area contributed by atoms with Crippen molar-refractivity contribution in [3.8, 4) is 0 Å². The van der Waals surface area contributed by atoms with Crippen LogP contribution < -0.4 is 10.2 Å². The number of rotatable bonds is 5. The number of carbonyl (C=O) groups excluding carboxylic acids is 1. The Labute approximate surface area is 176 Å². The number of nitrogens with one attached hydrogen (secondary N) is 1. The van der Waals surface area contributed by atoms with Gasteiger partial charge in [0.1, 0.15) is 0 Å². The Morgan fingerprint density at radius 3 is 2.67 bits per heavy atom. The van der Waals surface area contributed by atoms with Crippen molar-refractivity contribution in [3.63, 3.8) is 0 Å². The Kier molecular flexibility index (Phi) is 5.41. The van der Waals surface area contributed by atoms with Crippen molar-refractivity contribution in [1.29, 1.82) is 0 Å². The number of para-hydroxylation sites is 2. The molecule has 8 heteroatoms. The maximum atomic E-state index is 13.0. The number of nitrogens with zero attached hydrogens (tertiary/aromatic N) is 3. The fraction of sp³-hybridized carbons (Fsp3) is 0.182. The van der Waals surface area contributed by atoms with Crippen molar-refractivity contribution in [2.24, 2.45) is 4.40 Å². The molecule has 0 fully saturated rings. The lowest BCUT2D eigenvalue weighted by Gasteiger charge is -2.29. The summed E-state index contributed by atoms with van der Waals surface area (Å²) >= 11 is 0. The molecule has 0 saturated carbocycles. The van der Waals surface area contributed by atoms with Crippen LogP contribution in [-0.2, 0) is 21.4 Å². The number of carbonyl (C=O) groups is 1. The topological polar surface area (TPSA) is 82.1 Å². The molecule has 2 aliphatic heterocycles. The lowest BCUT2D eigenvalue weighted by molar-refractivity contribution is -0.112. The van der Waals surface area contributed by atoms with Crippen LogP contribution >= 0.6 is 0 Å². The standard InChI is InChI=1S/C22H22N4O3S/c1-25(16-17-8-3-2-4-9-17)20-12-6-5-11-19(20)23-22(27)18-10-7-13-26-14-15-30(28,29)24-21(18)26/h2-13H,14-16H2,1H3,(H,23,27). The molecule has 0 saturated heterocycles. The summed E-state index contributed by atoms with van der Waals surface area (Å²) in [5, 5.41) is 2.92. The Morgan fingerprint density at radius 2 is 1.87 bits per heavy atom. The number of anilines is 2. The van der Waals surface area contributed by atoms with Gasteiger partial charge in [0.15, 0.2) is 5.84 Å². The number of sulfonamides is 1. The van der Waals surface area contributed by atoms with Gasteiger partial charge in [0.2, 0.25) is 0 Å². The zero-order valence-electron chi connectivity index (χ0n) is 16.5. The number of amides is 1. The summed E-state index contributed by atoms with van der Waals surface area (Å²) in [4.78, 5) is 16.8. The van der Waals surface area contributed by atoms with Crippen LogP contribution in [0.5, 0.6) is 0 Å². The van der Waals surface area contributed by atoms with Crippen LogP contribution in [0.2, 0.25) is 0 Å². The van der Waals surface area contributed by atoms with Gasteiger partial charge in [0.05, 0.1) is 22.7 Å². The Balaban J connectivity index is 1.58. The van der Waals surface area contributed by atoms with E-state index in [2.05, 4.69) is 14.6 Å². The van der Waals surface area contributed by atoms with Gasteiger partial charge in [-0.25, -0.2) is 8.42 Å². The highest BCUT2D eigenvalue weighted by molar-refractivity contribution is 7.90. The molecular formula is C22H22N4O3S. The molecule has 0 bridgehead atoms. The number of hydrogen-bond acceptors (Lipinski definition) is 5. The third kappa shape index (κ3) is 4.28. The molecule has 7 nitrogen and oxygen atoms in total. The molecule has 30 heavy (non-hydrogen) atoms. The second-order valence-corrected chi connectivity index (χ2v) is 8.88. The van der Waals surface area contributed by atoms with Gasteiger partial charge in [-0.05, 0) is 29.8 Å². The van der Waals surface area contributed by atoms with Crippen LogP contribution in [0.15, 0.2) is 82.9 Å². The third-order valence-electron chi connectivity index (χ3n) is 4.93. The van der Waals surface area contributed by atoms with Gasteiger partial charge in [0.25, 0.3) is 15.9 Å². The summed E-state index contributed by atoms with van der Waals surface area (Å²) in [6.07, 6.45) is 5.03. The van der Waals surface area contributed by atoms with Crippen LogP contribution in [0.3, 0.4) is 0 Å². The molecule has 154 valence electrons. The van der Waals surface area contributed by atoms with Crippen molar-refractivity contribution < 1.29 is 13.2 Å². The van der Waals surface area contributed by atoms with Gasteiger partial charge in [-0.15, -0.1) is 4.40 Å². The monoisotopic (exact) mass is 422 g/mol. The molecule has 0 atom stereocenters. The highest BCUT2D eigenvalue weighted by Crippen LogP contribution is 2.27. The molecule has 0 spiro atoms. The Hall–Kier alpha value is -3.39. The number of allylic oxidation sites excluding steroid dienone is 2. The van der Waals surface area contributed by atoms with Crippen LogP contribution in [0, 0.1) is 0 Å². The Bertz CT molecular complexity index is 1150. The van der Waals surface area contributed by atoms with Crippen molar-refractivity contribution >= 4 is 33.1 Å². The highest BCUT2D eigenvalue weighted by atomic mass is 32.2. The SMILES string of the molecule is CN(Cc1ccccc1)c1ccccc1NC(=O)C1=CC=CN2CCS(=O)(=O)N=C12. The van der Waals surface area contributed by atoms with E-state index in [4.69, 9.17) is 0 Å². The molecule has 2 aliphatic rings. The minimum atomic E-state index is -3.57. The minimum Gasteiger partial charge on any atom is -0.369 e. The van der Waals surface area contributed by atoms with Crippen molar-refractivity contribution in [2.45, 2.75) is 6.54 Å². The lowest BCUT2D eigenvalue weighted by Crippen LogP contribution is -2.41. The number of amidine groups is 1. The van der Waals surface area contributed by atoms with E-state index in [0.717, 1.165) is 11.3 Å². The summed E-state index contributed by atoms with van der Waals surface area (Å²) in [6.45, 7) is 0.955. The maximum Gasteiger partial charge on any atom is 0.259 e. The molecule has 2 aromatic rings. The first-order valence-corrected chi connectivity index (χ1v) is 11.2. The van der Waals surface area contributed by atoms with Crippen LogP contribution in [0.25, 0.3) is 0 Å². The second-order valence-electron chi connectivity index (χ2n) is 7.13. The van der Waals surface area contributed by atoms with E-state index in [1.54, 1.807) is 23.3 Å². The van der Waals surface area contributed by atoms with Crippen LogP contribution in [0.1, 0.15) is 5.56 Å². The van der Waals surface area contributed by atoms with Crippen molar-refractivity contribution in [3.05, 3.63) is 84.1 Å². The molecule has 2 heterocycles. The van der Waals surface area contributed by atoms with Gasteiger partial charge in [-0.3, -0.25) is 4.79 Å². The maximum absolute atomic E-state index is 13.0. The highest BCUT2D eigenvalue weighted by Gasteiger charge is 2.30. The molecule has 0 radical (unpaired) electrons.